The van der Waals surface area contributed by atoms with E-state index in [2.05, 4.69) is 61.2 Å². The summed E-state index contributed by atoms with van der Waals surface area (Å²) in [6, 6.07) is 29.8. The van der Waals surface area contributed by atoms with Crippen molar-refractivity contribution in [2.45, 2.75) is 70.5 Å². The van der Waals surface area contributed by atoms with E-state index in [1.165, 1.54) is 5.56 Å². The summed E-state index contributed by atoms with van der Waals surface area (Å²) in [5, 5.41) is 0. The summed E-state index contributed by atoms with van der Waals surface area (Å²) in [6.45, 7) is 17.2. The van der Waals surface area contributed by atoms with Crippen LogP contribution in [0, 0.1) is 0 Å². The van der Waals surface area contributed by atoms with Gasteiger partial charge in [0, 0.05) is 25.9 Å². The maximum absolute atomic E-state index is 8.49. The van der Waals surface area contributed by atoms with Crippen molar-refractivity contribution in [3.63, 3.8) is 0 Å². The molecule has 0 radical (unpaired) electrons. The molecule has 4 aromatic carbocycles. The average molecular weight is 1070 g/mol. The van der Waals surface area contributed by atoms with Crippen molar-refractivity contribution in [2.75, 3.05) is 72.7 Å². The predicted molar refractivity (Wildman–Crippen MR) is 234 cm³/mol. The zero-order valence-corrected chi connectivity index (χ0v) is 39.7. The van der Waals surface area contributed by atoms with E-state index in [0.717, 1.165) is 103 Å². The van der Waals surface area contributed by atoms with Gasteiger partial charge in [-0.1, -0.05) is 42.5 Å². The maximum atomic E-state index is 8.49. The monoisotopic (exact) mass is 1070 g/mol. The normalized spacial score (nSPS) is 19.1. The van der Waals surface area contributed by atoms with Crippen LogP contribution in [0.2, 0.25) is 6.04 Å². The molecule has 13 nitrogen and oxygen atoms in total. The van der Waals surface area contributed by atoms with Crippen LogP contribution in [0.25, 0.3) is 22.3 Å². The van der Waals surface area contributed by atoms with Crippen LogP contribution >= 0.6 is 0 Å². The van der Waals surface area contributed by atoms with Gasteiger partial charge in [0.25, 0.3) is 0 Å². The third kappa shape index (κ3) is 16.8. The number of hydrogen-bond donors (Lipinski definition) is 0. The molecule has 4 saturated heterocycles. The van der Waals surface area contributed by atoms with Gasteiger partial charge < -0.3 is 51.2 Å². The summed E-state index contributed by atoms with van der Waals surface area (Å²) in [7, 11) is -2.67. The first kappa shape index (κ1) is 48.5. The van der Waals surface area contributed by atoms with Crippen molar-refractivity contribution in [1.82, 2.24) is 0 Å². The van der Waals surface area contributed by atoms with Crippen LogP contribution in [0.3, 0.4) is 0 Å². The van der Waals surface area contributed by atoms with Gasteiger partial charge in [-0.15, -0.1) is 6.58 Å². The van der Waals surface area contributed by atoms with E-state index in [4.69, 9.17) is 58.0 Å². The molecule has 0 spiro atoms. The van der Waals surface area contributed by atoms with E-state index < -0.39 is 27.3 Å². The van der Waals surface area contributed by atoms with E-state index in [1.54, 1.807) is 0 Å². The Morgan fingerprint density at radius 2 is 0.937 bits per heavy atom. The van der Waals surface area contributed by atoms with E-state index in [1.807, 2.05) is 57.2 Å². The van der Waals surface area contributed by atoms with Gasteiger partial charge in [-0.05, 0) is 122 Å². The molecular weight excluding hydrogens is 1010 g/mol. The fourth-order valence-corrected chi connectivity index (χ4v) is 9.31. The molecule has 0 amide bonds. The number of benzene rings is 4. The molecule has 4 unspecified atom stereocenters. The van der Waals surface area contributed by atoms with Crippen LogP contribution < -0.4 is 18.9 Å². The Balaban J connectivity index is 0.000000207. The van der Waals surface area contributed by atoms with Gasteiger partial charge in [0.15, 0.2) is 0 Å². The summed E-state index contributed by atoms with van der Waals surface area (Å²) in [6.07, 6.45) is 5.40. The number of allylic oxidation sites excluding steroid dienone is 1. The topological polar surface area (TPSA) is 149 Å². The van der Waals surface area contributed by atoms with Crippen molar-refractivity contribution in [2.24, 2.45) is 0 Å². The fraction of sp³-hybridized carbons (Fsp3) is 0.458. The van der Waals surface area contributed by atoms with E-state index in [-0.39, 0.29) is 24.4 Å². The predicted octanol–water partition coefficient (Wildman–Crippen LogP) is 8.29. The van der Waals surface area contributed by atoms with Gasteiger partial charge in [-0.3, -0.25) is 0 Å². The molecule has 63 heavy (non-hydrogen) atoms. The number of rotatable bonds is 26. The summed E-state index contributed by atoms with van der Waals surface area (Å²) in [4.78, 5) is 0. The van der Waals surface area contributed by atoms with Gasteiger partial charge in [-0.25, -0.2) is 0 Å². The Hall–Kier alpha value is -3.95. The molecule has 344 valence electrons. The number of ether oxygens (including phenoxy) is 8. The SMILES string of the molecule is C=CCc1cc(-c2ccc(OCC3CO3)cc2)ccc1OCC1CO1.CCO[Si](CCCc1cc(-c2ccc(OCC3CO3)cc2)ccc1OCC1CO1)(OCC)OCC.[O]=[Pt]=[O]. The van der Waals surface area contributed by atoms with Gasteiger partial charge in [0.2, 0.25) is 0 Å². The second kappa shape index (κ2) is 25.5. The Morgan fingerprint density at radius 1 is 0.571 bits per heavy atom. The van der Waals surface area contributed by atoms with Crippen molar-refractivity contribution >= 4 is 8.80 Å². The van der Waals surface area contributed by atoms with E-state index >= 15 is 0 Å². The van der Waals surface area contributed by atoms with Crippen molar-refractivity contribution in [1.29, 1.82) is 0 Å². The van der Waals surface area contributed by atoms with Gasteiger partial charge in [-0.2, -0.15) is 0 Å². The number of hydrogen-bond acceptors (Lipinski definition) is 13. The first-order valence-electron chi connectivity index (χ1n) is 21.7. The summed E-state index contributed by atoms with van der Waals surface area (Å²) in [5.41, 5.74) is 6.90. The molecule has 0 N–H and O–H groups in total. The number of aryl methyl sites for hydroxylation is 1. The van der Waals surface area contributed by atoms with Crippen LogP contribution in [0.15, 0.2) is 97.6 Å². The molecule has 0 saturated carbocycles. The van der Waals surface area contributed by atoms with E-state index in [0.29, 0.717) is 46.2 Å². The minimum atomic E-state index is -2.67. The van der Waals surface area contributed by atoms with Crippen LogP contribution in [0.4, 0.5) is 0 Å². The van der Waals surface area contributed by atoms with Gasteiger partial charge >= 0.3 is 34.1 Å². The molecule has 4 aliphatic rings. The quantitative estimate of drug-likeness (QED) is 0.0338. The van der Waals surface area contributed by atoms with Gasteiger partial charge in [0.05, 0.1) is 26.4 Å². The Bertz CT molecular complexity index is 2010. The third-order valence-electron chi connectivity index (χ3n) is 10.2. The third-order valence-corrected chi connectivity index (χ3v) is 13.4. The molecule has 8 rings (SSSR count). The zero-order chi connectivity index (χ0) is 44.3. The second-order valence-corrected chi connectivity index (χ2v) is 18.3. The van der Waals surface area contributed by atoms with Crippen LogP contribution in [-0.2, 0) is 70.4 Å². The van der Waals surface area contributed by atoms with Crippen molar-refractivity contribution < 1.29 is 76.5 Å². The Morgan fingerprint density at radius 3 is 1.32 bits per heavy atom. The van der Waals surface area contributed by atoms with Crippen molar-refractivity contribution in [3.05, 3.63) is 109 Å². The van der Waals surface area contributed by atoms with Gasteiger partial charge in [0.1, 0.15) is 73.8 Å². The molecule has 0 aliphatic carbocycles. The summed E-state index contributed by atoms with van der Waals surface area (Å²) < 4.78 is 79.5. The van der Waals surface area contributed by atoms with Crippen LogP contribution in [0.1, 0.15) is 38.3 Å². The molecule has 15 heteroatoms. The average Bonchev–Trinajstić information content (AvgIpc) is 4.09. The molecule has 4 fully saturated rings. The molecular formula is C48H60O13PtSi. The summed E-state index contributed by atoms with van der Waals surface area (Å²) >= 11 is -1.92. The van der Waals surface area contributed by atoms with E-state index in [9.17, 15) is 0 Å². The van der Waals surface area contributed by atoms with Crippen LogP contribution in [-0.4, -0.2) is 106 Å². The molecule has 4 aliphatic heterocycles. The summed E-state index contributed by atoms with van der Waals surface area (Å²) in [5.74, 6) is 3.54. The number of epoxide rings is 4. The Kier molecular flexibility index (Phi) is 19.6. The standard InChI is InChI=1S/C27H38O7Si.C21H22O4.2O.Pt/c1-4-32-35(33-5-2,34-6-3)15-7-8-23-16-22(11-14-27(23)31-20-26-19-30-26)21-9-12-24(13-10-21)28-17-25-18-29-25;1-2-3-17-10-16(6-9-21(17)25-14-20-13-24-20)15-4-7-18(8-5-15)22-11-19-12-23-19;;;/h9-14,16,25-26H,4-8,15,17-20H2,1-3H3;2,4-10,19-20H,1,3,11-14H2;;;. The molecule has 0 aromatic heterocycles. The molecule has 4 heterocycles. The minimum absolute atomic E-state index is 0.213. The fourth-order valence-electron chi connectivity index (χ4n) is 6.69. The zero-order valence-electron chi connectivity index (χ0n) is 36.4. The van der Waals surface area contributed by atoms with Crippen LogP contribution in [0.5, 0.6) is 23.0 Å². The molecule has 4 aromatic rings. The molecule has 4 atom stereocenters. The Labute approximate surface area is 380 Å². The van der Waals surface area contributed by atoms with Crippen molar-refractivity contribution in [3.8, 4) is 45.3 Å². The first-order chi connectivity index (χ1) is 30.9. The molecule has 0 bridgehead atoms. The first-order valence-corrected chi connectivity index (χ1v) is 25.5. The second-order valence-electron chi connectivity index (χ2n) is 15.1.